The van der Waals surface area contributed by atoms with Crippen LogP contribution in [0.4, 0.5) is 15.8 Å². The van der Waals surface area contributed by atoms with Gasteiger partial charge in [0.05, 0.1) is 5.02 Å². The van der Waals surface area contributed by atoms with Gasteiger partial charge in [-0.3, -0.25) is 14.4 Å². The number of aliphatic hydroxyl groups is 1. The second-order valence-corrected chi connectivity index (χ2v) is 7.73. The molecule has 0 saturated carbocycles. The Balaban J connectivity index is 1.48. The summed E-state index contributed by atoms with van der Waals surface area (Å²) in [4.78, 5) is 38.3. The van der Waals surface area contributed by atoms with E-state index in [0.29, 0.717) is 29.8 Å². The molecule has 2 aliphatic heterocycles. The van der Waals surface area contributed by atoms with Crippen LogP contribution in [0.2, 0.25) is 5.02 Å². The SMILES string of the molecule is O=C1CCc2cc(N3CC[C@](O)(C(=O)NCc4cccc(F)c4Cl)C3=O)ccc2N1. The second kappa shape index (κ2) is 7.70. The van der Waals surface area contributed by atoms with Crippen LogP contribution in [0.5, 0.6) is 0 Å². The van der Waals surface area contributed by atoms with Crippen molar-refractivity contribution in [3.8, 4) is 0 Å². The lowest BCUT2D eigenvalue weighted by Crippen LogP contribution is -2.52. The maximum atomic E-state index is 13.5. The first-order chi connectivity index (χ1) is 14.3. The third-order valence-corrected chi connectivity index (χ3v) is 5.86. The average Bonchev–Trinajstić information content (AvgIpc) is 3.04. The molecular formula is C21H19ClFN3O4. The predicted octanol–water partition coefficient (Wildman–Crippen LogP) is 2.15. The van der Waals surface area contributed by atoms with Crippen molar-refractivity contribution in [2.24, 2.45) is 0 Å². The van der Waals surface area contributed by atoms with E-state index in [1.165, 1.54) is 17.0 Å². The summed E-state index contributed by atoms with van der Waals surface area (Å²) in [6.45, 7) is 0.0399. The maximum Gasteiger partial charge on any atom is 0.268 e. The minimum Gasteiger partial charge on any atom is -0.372 e. The number of nitrogens with one attached hydrogen (secondary N) is 2. The van der Waals surface area contributed by atoms with Gasteiger partial charge in [0.1, 0.15) is 5.82 Å². The average molecular weight is 432 g/mol. The van der Waals surface area contributed by atoms with Gasteiger partial charge in [0.15, 0.2) is 0 Å². The zero-order valence-corrected chi connectivity index (χ0v) is 16.6. The van der Waals surface area contributed by atoms with Crippen LogP contribution in [0.1, 0.15) is 24.0 Å². The first-order valence-corrected chi connectivity index (χ1v) is 9.86. The summed E-state index contributed by atoms with van der Waals surface area (Å²) in [6.07, 6.45) is 0.831. The van der Waals surface area contributed by atoms with E-state index in [4.69, 9.17) is 11.6 Å². The van der Waals surface area contributed by atoms with E-state index in [0.717, 1.165) is 5.56 Å². The number of halogens is 2. The second-order valence-electron chi connectivity index (χ2n) is 7.35. The molecule has 0 spiro atoms. The molecule has 2 heterocycles. The summed E-state index contributed by atoms with van der Waals surface area (Å²) in [7, 11) is 0. The molecule has 30 heavy (non-hydrogen) atoms. The smallest absolute Gasteiger partial charge is 0.268 e. The molecule has 2 aromatic rings. The van der Waals surface area contributed by atoms with Gasteiger partial charge in [-0.05, 0) is 41.8 Å². The fourth-order valence-electron chi connectivity index (χ4n) is 3.71. The van der Waals surface area contributed by atoms with Crippen LogP contribution in [-0.4, -0.2) is 35.0 Å². The largest absolute Gasteiger partial charge is 0.372 e. The number of hydrogen-bond donors (Lipinski definition) is 3. The molecule has 0 radical (unpaired) electrons. The van der Waals surface area contributed by atoms with E-state index < -0.39 is 23.2 Å². The van der Waals surface area contributed by atoms with E-state index >= 15 is 0 Å². The van der Waals surface area contributed by atoms with Crippen LogP contribution in [0.15, 0.2) is 36.4 Å². The molecule has 9 heteroatoms. The van der Waals surface area contributed by atoms with Crippen LogP contribution >= 0.6 is 11.6 Å². The van der Waals surface area contributed by atoms with Crippen molar-refractivity contribution in [2.45, 2.75) is 31.4 Å². The van der Waals surface area contributed by atoms with Crippen molar-refractivity contribution in [1.29, 1.82) is 0 Å². The quantitative estimate of drug-likeness (QED) is 0.646. The summed E-state index contributed by atoms with van der Waals surface area (Å²) in [6, 6.07) is 9.35. The number of carbonyl (C=O) groups excluding carboxylic acids is 3. The lowest BCUT2D eigenvalue weighted by molar-refractivity contribution is -0.149. The Bertz CT molecular complexity index is 1060. The molecule has 1 atom stereocenters. The fraction of sp³-hybridized carbons (Fsp3) is 0.286. The first-order valence-electron chi connectivity index (χ1n) is 9.48. The molecule has 0 unspecified atom stereocenters. The Labute approximate surface area is 176 Å². The van der Waals surface area contributed by atoms with Gasteiger partial charge in [-0.1, -0.05) is 23.7 Å². The van der Waals surface area contributed by atoms with Gasteiger partial charge in [-0.2, -0.15) is 0 Å². The highest BCUT2D eigenvalue weighted by Crippen LogP contribution is 2.33. The highest BCUT2D eigenvalue weighted by molar-refractivity contribution is 6.31. The van der Waals surface area contributed by atoms with Gasteiger partial charge in [-0.25, -0.2) is 4.39 Å². The maximum absolute atomic E-state index is 13.5. The third kappa shape index (κ3) is 3.53. The van der Waals surface area contributed by atoms with Gasteiger partial charge in [-0.15, -0.1) is 0 Å². The number of aryl methyl sites for hydroxylation is 1. The first kappa shape index (κ1) is 20.3. The summed E-state index contributed by atoms with van der Waals surface area (Å²) >= 11 is 5.88. The number of nitrogens with zero attached hydrogens (tertiary/aromatic N) is 1. The van der Waals surface area contributed by atoms with Crippen LogP contribution in [0.3, 0.4) is 0 Å². The van der Waals surface area contributed by atoms with Gasteiger partial charge in [0.2, 0.25) is 11.5 Å². The summed E-state index contributed by atoms with van der Waals surface area (Å²) in [5.74, 6) is -2.27. The number of benzene rings is 2. The Morgan fingerprint density at radius 2 is 2.07 bits per heavy atom. The summed E-state index contributed by atoms with van der Waals surface area (Å²) in [5, 5.41) is 15.9. The number of carbonyl (C=O) groups is 3. The molecule has 0 bridgehead atoms. The van der Waals surface area contributed by atoms with Gasteiger partial charge in [0, 0.05) is 37.3 Å². The van der Waals surface area contributed by atoms with E-state index in [9.17, 15) is 23.9 Å². The zero-order valence-electron chi connectivity index (χ0n) is 15.9. The van der Waals surface area contributed by atoms with Gasteiger partial charge < -0.3 is 20.6 Å². The zero-order chi connectivity index (χ0) is 21.5. The molecule has 0 aliphatic carbocycles. The normalized spacial score (nSPS) is 20.7. The molecule has 3 N–H and O–H groups in total. The Morgan fingerprint density at radius 3 is 2.87 bits per heavy atom. The molecular weight excluding hydrogens is 413 g/mol. The standard InChI is InChI=1S/C21H19ClFN3O4/c22-18-13(2-1-3-15(18)23)11-24-19(28)21(30)8-9-26(20(21)29)14-5-6-16-12(10-14)4-7-17(27)25-16/h1-3,5-6,10,30H,4,7-9,11H2,(H,24,28)(H,25,27)/t21-/m0/s1. The minimum atomic E-state index is -2.22. The molecule has 1 saturated heterocycles. The molecule has 3 amide bonds. The number of fused-ring (bicyclic) bond motifs is 1. The fourth-order valence-corrected chi connectivity index (χ4v) is 3.90. The van der Waals surface area contributed by atoms with Crippen molar-refractivity contribution < 1.29 is 23.9 Å². The molecule has 4 rings (SSSR count). The lowest BCUT2D eigenvalue weighted by atomic mass is 10.0. The van der Waals surface area contributed by atoms with Crippen LogP contribution < -0.4 is 15.5 Å². The summed E-state index contributed by atoms with van der Waals surface area (Å²) < 4.78 is 13.5. The molecule has 2 aliphatic rings. The van der Waals surface area contributed by atoms with E-state index in [2.05, 4.69) is 10.6 Å². The molecule has 7 nitrogen and oxygen atoms in total. The highest BCUT2D eigenvalue weighted by Gasteiger charge is 2.51. The van der Waals surface area contributed by atoms with Crippen molar-refractivity contribution in [1.82, 2.24) is 5.32 Å². The lowest BCUT2D eigenvalue weighted by Gasteiger charge is -2.24. The summed E-state index contributed by atoms with van der Waals surface area (Å²) in [5.41, 5.74) is 0.255. The predicted molar refractivity (Wildman–Crippen MR) is 109 cm³/mol. The molecule has 1 fully saturated rings. The number of hydrogen-bond acceptors (Lipinski definition) is 4. The van der Waals surface area contributed by atoms with Crippen molar-refractivity contribution in [2.75, 3.05) is 16.8 Å². The van der Waals surface area contributed by atoms with Crippen LogP contribution in [0, 0.1) is 5.82 Å². The number of amides is 3. The topological polar surface area (TPSA) is 98.7 Å². The van der Waals surface area contributed by atoms with Crippen LogP contribution in [0.25, 0.3) is 0 Å². The monoisotopic (exact) mass is 431 g/mol. The number of rotatable bonds is 4. The molecule has 2 aromatic carbocycles. The highest BCUT2D eigenvalue weighted by atomic mass is 35.5. The third-order valence-electron chi connectivity index (χ3n) is 5.44. The Kier molecular flexibility index (Phi) is 5.21. The van der Waals surface area contributed by atoms with Gasteiger partial charge >= 0.3 is 0 Å². The molecule has 156 valence electrons. The van der Waals surface area contributed by atoms with E-state index in [1.54, 1.807) is 24.3 Å². The van der Waals surface area contributed by atoms with Crippen LogP contribution in [-0.2, 0) is 27.3 Å². The van der Waals surface area contributed by atoms with E-state index in [1.807, 2.05) is 0 Å². The van der Waals surface area contributed by atoms with Crippen molar-refractivity contribution in [3.05, 3.63) is 58.4 Å². The van der Waals surface area contributed by atoms with Crippen molar-refractivity contribution >= 4 is 40.7 Å². The van der Waals surface area contributed by atoms with E-state index in [-0.39, 0.29) is 30.4 Å². The Hall–Kier alpha value is -2.97. The molecule has 0 aromatic heterocycles. The van der Waals surface area contributed by atoms with Gasteiger partial charge in [0.25, 0.3) is 11.8 Å². The minimum absolute atomic E-state index is 0.0584. The Morgan fingerprint density at radius 1 is 1.27 bits per heavy atom. The van der Waals surface area contributed by atoms with Crippen molar-refractivity contribution in [3.63, 3.8) is 0 Å². The number of anilines is 2.